The van der Waals surface area contributed by atoms with Gasteiger partial charge >= 0.3 is 0 Å². The van der Waals surface area contributed by atoms with Crippen molar-refractivity contribution in [3.63, 3.8) is 0 Å². The summed E-state index contributed by atoms with van der Waals surface area (Å²) in [7, 11) is 1.32. The Morgan fingerprint density at radius 1 is 1.53 bits per heavy atom. The van der Waals surface area contributed by atoms with Crippen LogP contribution in [0.2, 0.25) is 0 Å². The van der Waals surface area contributed by atoms with Crippen LogP contribution in [0.3, 0.4) is 0 Å². The molecule has 17 heavy (non-hydrogen) atoms. The number of methoxy groups -OCH3 is 1. The van der Waals surface area contributed by atoms with E-state index in [1.807, 2.05) is 6.07 Å². The summed E-state index contributed by atoms with van der Waals surface area (Å²) in [6.45, 7) is 3.61. The first-order chi connectivity index (χ1) is 8.21. The fourth-order valence-corrected chi connectivity index (χ4v) is 1.63. The van der Waals surface area contributed by atoms with E-state index in [0.29, 0.717) is 5.39 Å². The Morgan fingerprint density at radius 3 is 2.88 bits per heavy atom. The number of ether oxygens (including phenoxy) is 1. The Kier molecular flexibility index (Phi) is 2.75. The third-order valence-corrected chi connectivity index (χ3v) is 2.45. The number of nitrogens with zero attached hydrogens (tertiary/aromatic N) is 2. The van der Waals surface area contributed by atoms with Crippen LogP contribution in [0.1, 0.15) is 11.1 Å². The molecule has 0 aliphatic rings. The molecule has 0 aliphatic heterocycles. The van der Waals surface area contributed by atoms with Gasteiger partial charge in [-0.1, -0.05) is 12.7 Å². The minimum absolute atomic E-state index is 0.0705. The summed E-state index contributed by atoms with van der Waals surface area (Å²) in [5.74, 6) is -0.684. The van der Waals surface area contributed by atoms with Gasteiger partial charge in [-0.3, -0.25) is 4.98 Å². The first kappa shape index (κ1) is 11.1. The van der Waals surface area contributed by atoms with Gasteiger partial charge in [-0.2, -0.15) is 5.26 Å². The molecule has 1 aromatic carbocycles. The van der Waals surface area contributed by atoms with E-state index in [1.54, 1.807) is 18.2 Å². The number of fused-ring (bicyclic) bond motifs is 1. The van der Waals surface area contributed by atoms with Crippen molar-refractivity contribution < 1.29 is 9.13 Å². The lowest BCUT2D eigenvalue weighted by Crippen LogP contribution is -1.95. The number of rotatable bonds is 2. The van der Waals surface area contributed by atoms with Crippen LogP contribution in [0.4, 0.5) is 4.39 Å². The van der Waals surface area contributed by atoms with Gasteiger partial charge in [-0.15, -0.1) is 0 Å². The Labute approximate surface area is 97.8 Å². The fourth-order valence-electron chi connectivity index (χ4n) is 1.63. The highest BCUT2D eigenvalue weighted by atomic mass is 19.1. The van der Waals surface area contributed by atoms with Crippen molar-refractivity contribution >= 4 is 17.0 Å². The van der Waals surface area contributed by atoms with Gasteiger partial charge in [0.25, 0.3) is 0 Å². The predicted octanol–water partition coefficient (Wildman–Crippen LogP) is 2.90. The van der Waals surface area contributed by atoms with Gasteiger partial charge in [-0.05, 0) is 17.7 Å². The van der Waals surface area contributed by atoms with E-state index in [1.165, 1.54) is 13.3 Å². The van der Waals surface area contributed by atoms with E-state index >= 15 is 0 Å². The van der Waals surface area contributed by atoms with Gasteiger partial charge < -0.3 is 4.74 Å². The summed E-state index contributed by atoms with van der Waals surface area (Å²) >= 11 is 0. The van der Waals surface area contributed by atoms with Crippen LogP contribution in [-0.2, 0) is 0 Å². The SMILES string of the molecule is C=Cc1cnc2c(F)c(OC)c(C#N)cc2c1. The molecule has 0 N–H and O–H groups in total. The summed E-state index contributed by atoms with van der Waals surface area (Å²) in [5, 5.41) is 9.48. The van der Waals surface area contributed by atoms with Gasteiger partial charge in [-0.25, -0.2) is 4.39 Å². The standard InChI is InChI=1S/C13H9FN2O/c1-3-8-4-9-5-10(6-15)13(17-2)11(14)12(9)16-7-8/h3-5,7H,1H2,2H3. The lowest BCUT2D eigenvalue weighted by Gasteiger charge is -2.07. The Morgan fingerprint density at radius 2 is 2.29 bits per heavy atom. The van der Waals surface area contributed by atoms with Gasteiger partial charge in [0.05, 0.1) is 12.7 Å². The van der Waals surface area contributed by atoms with Crippen molar-refractivity contribution in [2.24, 2.45) is 0 Å². The summed E-state index contributed by atoms with van der Waals surface area (Å²) in [5.41, 5.74) is 1.11. The van der Waals surface area contributed by atoms with Crippen LogP contribution >= 0.6 is 0 Å². The van der Waals surface area contributed by atoms with E-state index in [0.717, 1.165) is 5.56 Å². The summed E-state index contributed by atoms with van der Waals surface area (Å²) < 4.78 is 18.9. The molecule has 0 radical (unpaired) electrons. The van der Waals surface area contributed by atoms with Crippen molar-refractivity contribution in [2.45, 2.75) is 0 Å². The van der Waals surface area contributed by atoms with Crippen LogP contribution in [-0.4, -0.2) is 12.1 Å². The normalized spacial score (nSPS) is 9.94. The maximum Gasteiger partial charge on any atom is 0.192 e. The van der Waals surface area contributed by atoms with Crippen LogP contribution in [0.5, 0.6) is 5.75 Å². The summed E-state index contributed by atoms with van der Waals surface area (Å²) in [6.07, 6.45) is 3.13. The molecule has 0 bridgehead atoms. The Balaban J connectivity index is 2.86. The molecule has 0 aliphatic carbocycles. The van der Waals surface area contributed by atoms with E-state index in [-0.39, 0.29) is 16.8 Å². The minimum atomic E-state index is -0.614. The fraction of sp³-hybridized carbons (Fsp3) is 0.0769. The Hall–Kier alpha value is -2.41. The molecular formula is C13H9FN2O. The lowest BCUT2D eigenvalue weighted by atomic mass is 10.1. The molecule has 1 heterocycles. The molecule has 0 saturated carbocycles. The second-order valence-corrected chi connectivity index (χ2v) is 3.43. The molecule has 1 aromatic heterocycles. The highest BCUT2D eigenvalue weighted by Crippen LogP contribution is 2.29. The third kappa shape index (κ3) is 1.72. The van der Waals surface area contributed by atoms with Crippen molar-refractivity contribution in [1.29, 1.82) is 5.26 Å². The number of benzene rings is 1. The van der Waals surface area contributed by atoms with Gasteiger partial charge in [0.15, 0.2) is 11.6 Å². The second-order valence-electron chi connectivity index (χ2n) is 3.43. The van der Waals surface area contributed by atoms with Crippen molar-refractivity contribution in [2.75, 3.05) is 7.11 Å². The third-order valence-electron chi connectivity index (χ3n) is 2.45. The molecule has 0 atom stereocenters. The molecule has 0 amide bonds. The largest absolute Gasteiger partial charge is 0.492 e. The van der Waals surface area contributed by atoms with E-state index in [2.05, 4.69) is 11.6 Å². The number of pyridine rings is 1. The molecule has 0 spiro atoms. The van der Waals surface area contributed by atoms with Gasteiger partial charge in [0, 0.05) is 11.6 Å². The van der Waals surface area contributed by atoms with Crippen LogP contribution in [0.25, 0.3) is 17.0 Å². The highest BCUT2D eigenvalue weighted by molar-refractivity contribution is 5.84. The topological polar surface area (TPSA) is 45.9 Å². The van der Waals surface area contributed by atoms with Crippen molar-refractivity contribution in [1.82, 2.24) is 4.98 Å². The average molecular weight is 228 g/mol. The van der Waals surface area contributed by atoms with Gasteiger partial charge in [0.1, 0.15) is 11.6 Å². The number of hydrogen-bond acceptors (Lipinski definition) is 3. The lowest BCUT2D eigenvalue weighted by molar-refractivity contribution is 0.387. The van der Waals surface area contributed by atoms with Crippen LogP contribution in [0.15, 0.2) is 24.9 Å². The monoisotopic (exact) mass is 228 g/mol. The highest BCUT2D eigenvalue weighted by Gasteiger charge is 2.15. The molecule has 4 heteroatoms. The molecule has 0 saturated heterocycles. The smallest absolute Gasteiger partial charge is 0.192 e. The zero-order valence-electron chi connectivity index (χ0n) is 9.20. The predicted molar refractivity (Wildman–Crippen MR) is 63.1 cm³/mol. The average Bonchev–Trinajstić information content (AvgIpc) is 2.37. The van der Waals surface area contributed by atoms with E-state index in [4.69, 9.17) is 10.00 Å². The molecule has 2 aromatic rings. The number of hydrogen-bond donors (Lipinski definition) is 0. The first-order valence-corrected chi connectivity index (χ1v) is 4.90. The maximum atomic E-state index is 14.0. The number of halogens is 1. The van der Waals surface area contributed by atoms with Gasteiger partial charge in [0.2, 0.25) is 0 Å². The molecule has 3 nitrogen and oxygen atoms in total. The minimum Gasteiger partial charge on any atom is -0.492 e. The number of nitriles is 1. The zero-order chi connectivity index (χ0) is 12.4. The summed E-state index contributed by atoms with van der Waals surface area (Å²) in [6, 6.07) is 5.17. The molecule has 0 unspecified atom stereocenters. The zero-order valence-corrected chi connectivity index (χ0v) is 9.20. The van der Waals surface area contributed by atoms with Crippen molar-refractivity contribution in [3.8, 4) is 11.8 Å². The molecular weight excluding hydrogens is 219 g/mol. The van der Waals surface area contributed by atoms with E-state index in [9.17, 15) is 4.39 Å². The number of aromatic nitrogens is 1. The van der Waals surface area contributed by atoms with Crippen LogP contribution < -0.4 is 4.74 Å². The first-order valence-electron chi connectivity index (χ1n) is 4.90. The van der Waals surface area contributed by atoms with Crippen molar-refractivity contribution in [3.05, 3.63) is 41.9 Å². The quantitative estimate of drug-likeness (QED) is 0.793. The van der Waals surface area contributed by atoms with E-state index < -0.39 is 5.82 Å². The molecule has 0 fully saturated rings. The molecule has 2 rings (SSSR count). The molecule has 84 valence electrons. The maximum absolute atomic E-state index is 14.0. The van der Waals surface area contributed by atoms with Crippen LogP contribution in [0, 0.1) is 17.1 Å². The summed E-state index contributed by atoms with van der Waals surface area (Å²) in [4.78, 5) is 4.00. The Bertz CT molecular complexity index is 644. The second kappa shape index (κ2) is 4.22.